The van der Waals surface area contributed by atoms with Crippen molar-refractivity contribution in [1.29, 1.82) is 0 Å². The van der Waals surface area contributed by atoms with Gasteiger partial charge in [0.05, 0.1) is 25.5 Å². The van der Waals surface area contributed by atoms with Crippen LogP contribution in [0.4, 0.5) is 4.39 Å². The highest BCUT2D eigenvalue weighted by Gasteiger charge is 2.21. The third kappa shape index (κ3) is 7.60. The van der Waals surface area contributed by atoms with Crippen LogP contribution in [0.1, 0.15) is 68.7 Å². The van der Waals surface area contributed by atoms with Crippen molar-refractivity contribution < 1.29 is 23.7 Å². The van der Waals surface area contributed by atoms with E-state index in [9.17, 15) is 9.50 Å². The number of aliphatic hydroxyl groups excluding tert-OH is 1. The Morgan fingerprint density at radius 3 is 2.59 bits per heavy atom. The predicted octanol–water partition coefficient (Wildman–Crippen LogP) is 6.80. The second kappa shape index (κ2) is 12.2. The van der Waals surface area contributed by atoms with E-state index in [0.29, 0.717) is 42.0 Å². The molecule has 1 aliphatic heterocycles. The maximum absolute atomic E-state index is 14.8. The summed E-state index contributed by atoms with van der Waals surface area (Å²) in [5.41, 5.74) is 4.46. The van der Waals surface area contributed by atoms with Crippen molar-refractivity contribution in [2.75, 3.05) is 13.7 Å². The van der Waals surface area contributed by atoms with E-state index in [0.717, 1.165) is 42.7 Å². The van der Waals surface area contributed by atoms with Gasteiger partial charge in [-0.1, -0.05) is 51.1 Å². The molecule has 1 N–H and O–H groups in total. The number of nitrogens with zero attached hydrogens (tertiary/aromatic N) is 1. The molecule has 0 amide bonds. The van der Waals surface area contributed by atoms with Crippen molar-refractivity contribution >= 4 is 0 Å². The average molecular weight is 508 g/mol. The van der Waals surface area contributed by atoms with Crippen molar-refractivity contribution in [3.05, 3.63) is 82.9 Å². The summed E-state index contributed by atoms with van der Waals surface area (Å²) in [6.45, 7) is 7.59. The molecule has 6 heteroatoms. The molecule has 1 aromatic heterocycles. The summed E-state index contributed by atoms with van der Waals surface area (Å²) >= 11 is 0. The standard InChI is InChI=1S/C31H38FNO4/c1-31(2,3)19-28-24(25-18-23(35-4)11-13-26(25)32)12-14-27(33-28)29(34)17-21-8-7-9-22(16-21)20-37-30-10-5-6-15-36-30/h7-9,11-14,16,18,29-30,34H,5-6,10,15,17,19-20H2,1-4H3. The molecule has 3 aromatic rings. The molecule has 2 aromatic carbocycles. The fourth-order valence-electron chi connectivity index (χ4n) is 4.63. The Morgan fingerprint density at radius 1 is 1.05 bits per heavy atom. The molecule has 1 fully saturated rings. The summed E-state index contributed by atoms with van der Waals surface area (Å²) in [7, 11) is 1.57. The maximum Gasteiger partial charge on any atom is 0.158 e. The van der Waals surface area contributed by atoms with Gasteiger partial charge in [0.25, 0.3) is 0 Å². The predicted molar refractivity (Wildman–Crippen MR) is 143 cm³/mol. The number of benzene rings is 2. The van der Waals surface area contributed by atoms with Gasteiger partial charge in [-0.2, -0.15) is 0 Å². The Bertz CT molecular complexity index is 1180. The number of halogens is 1. The van der Waals surface area contributed by atoms with Crippen LogP contribution in [0.5, 0.6) is 5.75 Å². The van der Waals surface area contributed by atoms with Crippen LogP contribution < -0.4 is 4.74 Å². The fourth-order valence-corrected chi connectivity index (χ4v) is 4.63. The highest BCUT2D eigenvalue weighted by molar-refractivity contribution is 5.68. The minimum absolute atomic E-state index is 0.0724. The zero-order chi connectivity index (χ0) is 26.4. The highest BCUT2D eigenvalue weighted by atomic mass is 19.1. The molecular formula is C31H38FNO4. The number of rotatable bonds is 9. The Hall–Kier alpha value is -2.80. The third-order valence-electron chi connectivity index (χ3n) is 6.49. The van der Waals surface area contributed by atoms with E-state index in [-0.39, 0.29) is 17.5 Å². The SMILES string of the molecule is COc1ccc(F)c(-c2ccc(C(O)Cc3cccc(COC4CCCCO4)c3)nc2CC(C)(C)C)c1. The van der Waals surface area contributed by atoms with Gasteiger partial charge in [-0.3, -0.25) is 4.98 Å². The zero-order valence-electron chi connectivity index (χ0n) is 22.3. The summed E-state index contributed by atoms with van der Waals surface area (Å²) in [5, 5.41) is 11.1. The lowest BCUT2D eigenvalue weighted by Gasteiger charge is -2.23. The summed E-state index contributed by atoms with van der Waals surface area (Å²) in [6.07, 6.45) is 3.27. The van der Waals surface area contributed by atoms with Crippen molar-refractivity contribution in [3.63, 3.8) is 0 Å². The summed E-state index contributed by atoms with van der Waals surface area (Å²) in [5.74, 6) is 0.254. The first-order valence-corrected chi connectivity index (χ1v) is 13.0. The largest absolute Gasteiger partial charge is 0.497 e. The molecule has 4 rings (SSSR count). The van der Waals surface area contributed by atoms with E-state index in [1.807, 2.05) is 24.3 Å². The monoisotopic (exact) mass is 507 g/mol. The van der Waals surface area contributed by atoms with Crippen LogP contribution in [0.3, 0.4) is 0 Å². The number of aliphatic hydroxyl groups is 1. The zero-order valence-corrected chi connectivity index (χ0v) is 22.3. The molecule has 37 heavy (non-hydrogen) atoms. The van der Waals surface area contributed by atoms with Crippen molar-refractivity contribution in [2.24, 2.45) is 5.41 Å². The fraction of sp³-hybridized carbons (Fsp3) is 0.452. The van der Waals surface area contributed by atoms with E-state index < -0.39 is 6.10 Å². The van der Waals surface area contributed by atoms with Crippen LogP contribution in [0.15, 0.2) is 54.6 Å². The van der Waals surface area contributed by atoms with Gasteiger partial charge in [-0.05, 0) is 66.5 Å². The lowest BCUT2D eigenvalue weighted by Crippen LogP contribution is -2.22. The third-order valence-corrected chi connectivity index (χ3v) is 6.49. The van der Waals surface area contributed by atoms with Gasteiger partial charge >= 0.3 is 0 Å². The molecule has 198 valence electrons. The van der Waals surface area contributed by atoms with Gasteiger partial charge in [-0.15, -0.1) is 0 Å². The normalized spacial score (nSPS) is 17.0. The van der Waals surface area contributed by atoms with Crippen LogP contribution in [0.2, 0.25) is 0 Å². The highest BCUT2D eigenvalue weighted by Crippen LogP contribution is 2.33. The van der Waals surface area contributed by atoms with Crippen LogP contribution in [-0.4, -0.2) is 30.1 Å². The Labute approximate surface area is 219 Å². The van der Waals surface area contributed by atoms with E-state index in [4.69, 9.17) is 19.2 Å². The van der Waals surface area contributed by atoms with Gasteiger partial charge in [0, 0.05) is 29.8 Å². The van der Waals surface area contributed by atoms with E-state index in [1.54, 1.807) is 25.3 Å². The van der Waals surface area contributed by atoms with Crippen molar-refractivity contribution in [3.8, 4) is 16.9 Å². The van der Waals surface area contributed by atoms with Crippen molar-refractivity contribution in [2.45, 2.75) is 71.9 Å². The summed E-state index contributed by atoms with van der Waals surface area (Å²) < 4.78 is 31.7. The molecule has 2 heterocycles. The van der Waals surface area contributed by atoms with Crippen LogP contribution in [-0.2, 0) is 28.9 Å². The quantitative estimate of drug-likeness (QED) is 0.345. The molecule has 0 spiro atoms. The molecular weight excluding hydrogens is 469 g/mol. The van der Waals surface area contributed by atoms with E-state index in [2.05, 4.69) is 26.8 Å². The molecule has 0 aliphatic carbocycles. The second-order valence-corrected chi connectivity index (χ2v) is 11.0. The Kier molecular flexibility index (Phi) is 8.95. The maximum atomic E-state index is 14.8. The first kappa shape index (κ1) is 27.2. The smallest absolute Gasteiger partial charge is 0.158 e. The molecule has 0 bridgehead atoms. The van der Waals surface area contributed by atoms with Crippen LogP contribution in [0.25, 0.3) is 11.1 Å². The second-order valence-electron chi connectivity index (χ2n) is 11.0. The van der Waals surface area contributed by atoms with Crippen molar-refractivity contribution in [1.82, 2.24) is 4.98 Å². The summed E-state index contributed by atoms with van der Waals surface area (Å²) in [4.78, 5) is 4.85. The lowest BCUT2D eigenvalue weighted by atomic mass is 9.87. The van der Waals surface area contributed by atoms with Gasteiger partial charge in [-0.25, -0.2) is 4.39 Å². The molecule has 2 atom stereocenters. The van der Waals surface area contributed by atoms with Gasteiger partial charge in [0.15, 0.2) is 6.29 Å². The van der Waals surface area contributed by atoms with Gasteiger partial charge < -0.3 is 19.3 Å². The van der Waals surface area contributed by atoms with E-state index >= 15 is 0 Å². The van der Waals surface area contributed by atoms with E-state index in [1.165, 1.54) is 6.07 Å². The number of pyridine rings is 1. The molecule has 0 saturated carbocycles. The number of aromatic nitrogens is 1. The van der Waals surface area contributed by atoms with Crippen LogP contribution in [0, 0.1) is 11.2 Å². The molecule has 0 radical (unpaired) electrons. The minimum atomic E-state index is -0.791. The number of hydrogen-bond donors (Lipinski definition) is 1. The van der Waals surface area contributed by atoms with Gasteiger partial charge in [0.1, 0.15) is 11.6 Å². The molecule has 1 aliphatic rings. The lowest BCUT2D eigenvalue weighted by molar-refractivity contribution is -0.168. The Morgan fingerprint density at radius 2 is 1.86 bits per heavy atom. The minimum Gasteiger partial charge on any atom is -0.497 e. The van der Waals surface area contributed by atoms with Crippen LogP contribution >= 0.6 is 0 Å². The first-order valence-electron chi connectivity index (χ1n) is 13.0. The summed E-state index contributed by atoms with van der Waals surface area (Å²) in [6, 6.07) is 16.4. The Balaban J connectivity index is 1.53. The number of methoxy groups -OCH3 is 1. The number of ether oxygens (including phenoxy) is 3. The topological polar surface area (TPSA) is 60.8 Å². The molecule has 1 saturated heterocycles. The first-order chi connectivity index (χ1) is 17.7. The molecule has 5 nitrogen and oxygen atoms in total. The molecule has 2 unspecified atom stereocenters. The number of hydrogen-bond acceptors (Lipinski definition) is 5. The average Bonchev–Trinajstić information content (AvgIpc) is 2.88. The van der Waals surface area contributed by atoms with Gasteiger partial charge in [0.2, 0.25) is 0 Å².